The summed E-state index contributed by atoms with van der Waals surface area (Å²) in [5, 5.41) is 4.41. The molecule has 1 aromatic carbocycles. The summed E-state index contributed by atoms with van der Waals surface area (Å²) < 4.78 is 7.40. The molecular weight excluding hydrogens is 264 g/mol. The fourth-order valence-corrected chi connectivity index (χ4v) is 2.51. The van der Waals surface area contributed by atoms with Gasteiger partial charge < -0.3 is 4.74 Å². The first-order valence-corrected chi connectivity index (χ1v) is 7.28. The highest BCUT2D eigenvalue weighted by Crippen LogP contribution is 2.29. The number of benzene rings is 1. The van der Waals surface area contributed by atoms with Gasteiger partial charge in [-0.05, 0) is 32.3 Å². The minimum absolute atomic E-state index is 0.00468. The molecule has 0 bridgehead atoms. The number of nitrogens with two attached hydrogens (primary N) is 1. The van der Waals surface area contributed by atoms with Gasteiger partial charge in [0.05, 0.1) is 25.0 Å². The summed E-state index contributed by atoms with van der Waals surface area (Å²) >= 11 is 0. The van der Waals surface area contributed by atoms with Crippen molar-refractivity contribution in [1.82, 2.24) is 15.2 Å². The number of ether oxygens (including phenoxy) is 1. The molecule has 0 aliphatic heterocycles. The minimum atomic E-state index is 0.00468. The van der Waals surface area contributed by atoms with E-state index < -0.39 is 0 Å². The molecule has 2 aromatic rings. The predicted molar refractivity (Wildman–Crippen MR) is 84.0 cm³/mol. The topological polar surface area (TPSA) is 65.1 Å². The zero-order valence-electron chi connectivity index (χ0n) is 12.9. The average Bonchev–Trinajstić information content (AvgIpc) is 2.93. The molecule has 1 unspecified atom stereocenters. The summed E-state index contributed by atoms with van der Waals surface area (Å²) in [5.41, 5.74) is 5.21. The molecule has 21 heavy (non-hydrogen) atoms. The van der Waals surface area contributed by atoms with Crippen molar-refractivity contribution in [2.24, 2.45) is 5.84 Å². The second-order valence-electron chi connectivity index (χ2n) is 5.38. The van der Waals surface area contributed by atoms with Gasteiger partial charge in [-0.1, -0.05) is 30.3 Å². The monoisotopic (exact) mass is 288 g/mol. The van der Waals surface area contributed by atoms with Crippen LogP contribution in [-0.2, 0) is 6.42 Å². The van der Waals surface area contributed by atoms with Crippen LogP contribution in [0.5, 0.6) is 5.75 Å². The van der Waals surface area contributed by atoms with Crippen LogP contribution < -0.4 is 16.0 Å². The van der Waals surface area contributed by atoms with E-state index in [2.05, 4.69) is 48.6 Å². The van der Waals surface area contributed by atoms with Gasteiger partial charge in [-0.2, -0.15) is 5.10 Å². The molecule has 0 aliphatic carbocycles. The van der Waals surface area contributed by atoms with E-state index in [4.69, 9.17) is 10.6 Å². The summed E-state index contributed by atoms with van der Waals surface area (Å²) in [7, 11) is 1.66. The van der Waals surface area contributed by atoms with Gasteiger partial charge in [0, 0.05) is 6.04 Å². The van der Waals surface area contributed by atoms with Gasteiger partial charge in [-0.3, -0.25) is 16.0 Å². The number of hydrazine groups is 1. The van der Waals surface area contributed by atoms with Gasteiger partial charge in [0.1, 0.15) is 0 Å². The van der Waals surface area contributed by atoms with E-state index in [-0.39, 0.29) is 12.1 Å². The van der Waals surface area contributed by atoms with Gasteiger partial charge in [-0.25, -0.2) is 0 Å². The molecule has 0 fully saturated rings. The van der Waals surface area contributed by atoms with Crippen LogP contribution in [0, 0.1) is 0 Å². The zero-order valence-corrected chi connectivity index (χ0v) is 12.9. The second kappa shape index (κ2) is 7.24. The highest BCUT2D eigenvalue weighted by Gasteiger charge is 2.22. The molecule has 0 saturated heterocycles. The minimum Gasteiger partial charge on any atom is -0.493 e. The van der Waals surface area contributed by atoms with E-state index in [1.807, 2.05) is 10.7 Å². The third-order valence-corrected chi connectivity index (χ3v) is 3.60. The van der Waals surface area contributed by atoms with Crippen LogP contribution in [0.15, 0.2) is 36.5 Å². The van der Waals surface area contributed by atoms with E-state index in [1.54, 1.807) is 13.3 Å². The van der Waals surface area contributed by atoms with Gasteiger partial charge in [-0.15, -0.1) is 0 Å². The Balaban J connectivity index is 2.19. The molecule has 1 atom stereocenters. The van der Waals surface area contributed by atoms with Gasteiger partial charge in [0.15, 0.2) is 5.75 Å². The largest absolute Gasteiger partial charge is 0.493 e. The van der Waals surface area contributed by atoms with Crippen LogP contribution in [0.3, 0.4) is 0 Å². The predicted octanol–water partition coefficient (Wildman–Crippen LogP) is 2.61. The van der Waals surface area contributed by atoms with Crippen LogP contribution >= 0.6 is 0 Å². The molecule has 2 rings (SSSR count). The summed E-state index contributed by atoms with van der Waals surface area (Å²) in [5.74, 6) is 6.55. The number of methoxy groups -OCH3 is 1. The number of aromatic nitrogens is 2. The van der Waals surface area contributed by atoms with Crippen LogP contribution in [0.2, 0.25) is 0 Å². The van der Waals surface area contributed by atoms with Crippen molar-refractivity contribution in [2.75, 3.05) is 7.11 Å². The van der Waals surface area contributed by atoms with Crippen LogP contribution in [0.4, 0.5) is 0 Å². The van der Waals surface area contributed by atoms with E-state index in [0.29, 0.717) is 0 Å². The number of hydrogen-bond acceptors (Lipinski definition) is 4. The lowest BCUT2D eigenvalue weighted by Crippen LogP contribution is -2.31. The zero-order chi connectivity index (χ0) is 15.2. The molecule has 1 heterocycles. The molecule has 0 saturated carbocycles. The third-order valence-electron chi connectivity index (χ3n) is 3.60. The number of hydrogen-bond donors (Lipinski definition) is 2. The van der Waals surface area contributed by atoms with Crippen molar-refractivity contribution < 1.29 is 4.74 Å². The Labute approximate surface area is 126 Å². The average molecular weight is 288 g/mol. The Kier molecular flexibility index (Phi) is 5.36. The van der Waals surface area contributed by atoms with Crippen molar-refractivity contribution in [3.05, 3.63) is 47.8 Å². The maximum atomic E-state index is 5.77. The van der Waals surface area contributed by atoms with Crippen LogP contribution in [0.1, 0.15) is 43.6 Å². The lowest BCUT2D eigenvalue weighted by Gasteiger charge is -2.20. The molecule has 5 nitrogen and oxygen atoms in total. The van der Waals surface area contributed by atoms with E-state index in [0.717, 1.165) is 24.3 Å². The number of rotatable bonds is 7. The Hall–Kier alpha value is -1.85. The first-order chi connectivity index (χ1) is 10.2. The van der Waals surface area contributed by atoms with E-state index >= 15 is 0 Å². The van der Waals surface area contributed by atoms with Crippen molar-refractivity contribution in [2.45, 2.75) is 38.8 Å². The Morgan fingerprint density at radius 2 is 2.00 bits per heavy atom. The molecule has 3 N–H and O–H groups in total. The summed E-state index contributed by atoms with van der Waals surface area (Å²) in [4.78, 5) is 0. The summed E-state index contributed by atoms with van der Waals surface area (Å²) in [6, 6.07) is 10.7. The van der Waals surface area contributed by atoms with E-state index in [1.165, 1.54) is 5.56 Å². The van der Waals surface area contributed by atoms with Crippen LogP contribution in [0.25, 0.3) is 0 Å². The van der Waals surface area contributed by atoms with Crippen molar-refractivity contribution in [3.8, 4) is 5.75 Å². The van der Waals surface area contributed by atoms with Gasteiger partial charge >= 0.3 is 0 Å². The molecule has 0 radical (unpaired) electrons. The maximum Gasteiger partial charge on any atom is 0.161 e. The Bertz CT molecular complexity index is 551. The Morgan fingerprint density at radius 3 is 2.57 bits per heavy atom. The van der Waals surface area contributed by atoms with E-state index in [9.17, 15) is 0 Å². The summed E-state index contributed by atoms with van der Waals surface area (Å²) in [6.07, 6.45) is 3.58. The lowest BCUT2D eigenvalue weighted by molar-refractivity contribution is 0.378. The quantitative estimate of drug-likeness (QED) is 0.607. The molecule has 0 spiro atoms. The van der Waals surface area contributed by atoms with Crippen LogP contribution in [-0.4, -0.2) is 16.9 Å². The van der Waals surface area contributed by atoms with Gasteiger partial charge in [0.25, 0.3) is 0 Å². The smallest absolute Gasteiger partial charge is 0.161 e. The molecule has 0 aliphatic rings. The highest BCUT2D eigenvalue weighted by atomic mass is 16.5. The molecule has 0 amide bonds. The molecule has 114 valence electrons. The number of aryl methyl sites for hydroxylation is 1. The molecule has 1 aromatic heterocycles. The fraction of sp³-hybridized carbons (Fsp3) is 0.438. The molecular formula is C16H24N4O. The standard InChI is InChI=1S/C16H24N4O/c1-12(2)20-16(15(21-3)11-18-20)14(19-17)10-9-13-7-5-4-6-8-13/h4-8,11-12,14,19H,9-10,17H2,1-3H3. The van der Waals surface area contributed by atoms with Crippen molar-refractivity contribution in [1.29, 1.82) is 0 Å². The van der Waals surface area contributed by atoms with Crippen molar-refractivity contribution in [3.63, 3.8) is 0 Å². The Morgan fingerprint density at radius 1 is 1.29 bits per heavy atom. The maximum absolute atomic E-state index is 5.77. The number of nitrogens with zero attached hydrogens (tertiary/aromatic N) is 2. The third kappa shape index (κ3) is 3.62. The fourth-order valence-electron chi connectivity index (χ4n) is 2.51. The highest BCUT2D eigenvalue weighted by molar-refractivity contribution is 5.29. The first kappa shape index (κ1) is 15.5. The molecule has 5 heteroatoms. The lowest BCUT2D eigenvalue weighted by atomic mass is 10.0. The van der Waals surface area contributed by atoms with Gasteiger partial charge in [0.2, 0.25) is 0 Å². The SMILES string of the molecule is COc1cnn(C(C)C)c1C(CCc1ccccc1)NN. The normalized spacial score (nSPS) is 12.6. The second-order valence-corrected chi connectivity index (χ2v) is 5.38. The first-order valence-electron chi connectivity index (χ1n) is 7.28. The van der Waals surface area contributed by atoms with Crippen molar-refractivity contribution >= 4 is 0 Å². The summed E-state index contributed by atoms with van der Waals surface area (Å²) in [6.45, 7) is 4.20. The number of nitrogens with one attached hydrogen (secondary N) is 1.